The van der Waals surface area contributed by atoms with E-state index in [1.165, 1.54) is 0 Å². The van der Waals surface area contributed by atoms with E-state index < -0.39 is 5.60 Å². The minimum absolute atomic E-state index is 0.0741. The molecule has 5 nitrogen and oxygen atoms in total. The zero-order chi connectivity index (χ0) is 22.6. The summed E-state index contributed by atoms with van der Waals surface area (Å²) >= 11 is 0. The van der Waals surface area contributed by atoms with Crippen molar-refractivity contribution in [2.24, 2.45) is 0 Å². The number of phenols is 1. The molecule has 0 saturated carbocycles. The van der Waals surface area contributed by atoms with Gasteiger partial charge >= 0.3 is 0 Å². The van der Waals surface area contributed by atoms with Crippen LogP contribution in [0, 0.1) is 0 Å². The molecule has 162 valence electrons. The van der Waals surface area contributed by atoms with Crippen LogP contribution in [0.3, 0.4) is 0 Å². The second kappa shape index (κ2) is 7.26. The van der Waals surface area contributed by atoms with Crippen LogP contribution in [0.4, 0.5) is 0 Å². The van der Waals surface area contributed by atoms with Crippen LogP contribution >= 0.6 is 0 Å². The van der Waals surface area contributed by atoms with Gasteiger partial charge < -0.3 is 24.8 Å². The number of phenolic OH excluding ortho intramolecular Hbond substituents is 1. The fourth-order valence-corrected chi connectivity index (χ4v) is 4.84. The van der Waals surface area contributed by atoms with Gasteiger partial charge in [0.2, 0.25) is 0 Å². The minimum atomic E-state index is -1.21. The van der Waals surface area contributed by atoms with E-state index in [0.29, 0.717) is 28.0 Å². The van der Waals surface area contributed by atoms with Crippen molar-refractivity contribution < 1.29 is 24.8 Å². The molecule has 0 fully saturated rings. The molecule has 1 aliphatic rings. The molecule has 0 radical (unpaired) electrons. The van der Waals surface area contributed by atoms with Crippen molar-refractivity contribution in [1.29, 1.82) is 0 Å². The third kappa shape index (κ3) is 2.79. The van der Waals surface area contributed by atoms with Crippen LogP contribution < -0.4 is 9.47 Å². The average Bonchev–Trinajstić information content (AvgIpc) is 3.04. The van der Waals surface area contributed by atoms with Gasteiger partial charge in [-0.2, -0.15) is 0 Å². The molecule has 4 aromatic carbocycles. The highest BCUT2D eigenvalue weighted by Gasteiger charge is 2.39. The molecule has 5 rings (SSSR count). The van der Waals surface area contributed by atoms with Crippen LogP contribution in [-0.2, 0) is 12.2 Å². The van der Waals surface area contributed by atoms with E-state index >= 15 is 0 Å². The standard InChI is InChI=1S/C27H24O5/c1-27(30)22-7-5-4-6-18(22)26-21-10-15(14-28)19(12-20(21)24(29)13-23(26)27)17-9-8-16(31-2)11-25(17)32-3/h4-13,28-30H,14H2,1-3H3. The van der Waals surface area contributed by atoms with Gasteiger partial charge in [-0.3, -0.25) is 0 Å². The van der Waals surface area contributed by atoms with Crippen molar-refractivity contribution in [2.75, 3.05) is 14.2 Å². The maximum Gasteiger partial charge on any atom is 0.130 e. The Morgan fingerprint density at radius 3 is 2.31 bits per heavy atom. The molecule has 0 bridgehead atoms. The molecule has 5 heteroatoms. The zero-order valence-electron chi connectivity index (χ0n) is 18.1. The van der Waals surface area contributed by atoms with Crippen molar-refractivity contribution in [2.45, 2.75) is 19.1 Å². The summed E-state index contributed by atoms with van der Waals surface area (Å²) in [5.41, 5.74) is 4.28. The summed E-state index contributed by atoms with van der Waals surface area (Å²) in [7, 11) is 3.18. The van der Waals surface area contributed by atoms with Crippen molar-refractivity contribution in [3.63, 3.8) is 0 Å². The third-order valence-corrected chi connectivity index (χ3v) is 6.45. The van der Waals surface area contributed by atoms with Gasteiger partial charge in [0.1, 0.15) is 22.8 Å². The molecule has 32 heavy (non-hydrogen) atoms. The number of methoxy groups -OCH3 is 2. The van der Waals surface area contributed by atoms with Gasteiger partial charge in [-0.1, -0.05) is 24.3 Å². The lowest BCUT2D eigenvalue weighted by atomic mass is 9.89. The normalized spacial score (nSPS) is 16.7. The predicted octanol–water partition coefficient (Wildman–Crippen LogP) is 4.96. The van der Waals surface area contributed by atoms with Crippen molar-refractivity contribution >= 4 is 10.8 Å². The van der Waals surface area contributed by atoms with E-state index in [0.717, 1.165) is 33.2 Å². The topological polar surface area (TPSA) is 79.2 Å². The first-order valence-electron chi connectivity index (χ1n) is 10.4. The Bertz CT molecular complexity index is 1370. The molecule has 0 heterocycles. The smallest absolute Gasteiger partial charge is 0.130 e. The molecule has 1 atom stereocenters. The number of ether oxygens (including phenoxy) is 2. The summed E-state index contributed by atoms with van der Waals surface area (Å²) in [5.74, 6) is 1.34. The largest absolute Gasteiger partial charge is 0.507 e. The van der Waals surface area contributed by atoms with Crippen LogP contribution in [0.1, 0.15) is 23.6 Å². The van der Waals surface area contributed by atoms with Crippen LogP contribution in [-0.4, -0.2) is 29.5 Å². The predicted molar refractivity (Wildman–Crippen MR) is 124 cm³/mol. The first-order chi connectivity index (χ1) is 15.4. The first-order valence-corrected chi connectivity index (χ1v) is 10.4. The Labute approximate surface area is 186 Å². The highest BCUT2D eigenvalue weighted by Crippen LogP contribution is 2.53. The van der Waals surface area contributed by atoms with Crippen LogP contribution in [0.25, 0.3) is 33.0 Å². The van der Waals surface area contributed by atoms with E-state index in [-0.39, 0.29) is 12.4 Å². The Balaban J connectivity index is 1.84. The van der Waals surface area contributed by atoms with E-state index in [1.807, 2.05) is 48.5 Å². The van der Waals surface area contributed by atoms with Crippen molar-refractivity contribution in [3.05, 3.63) is 77.4 Å². The molecular weight excluding hydrogens is 404 g/mol. The summed E-state index contributed by atoms with van der Waals surface area (Å²) in [6.07, 6.45) is 0. The van der Waals surface area contributed by atoms with Crippen LogP contribution in [0.15, 0.2) is 60.7 Å². The van der Waals surface area contributed by atoms with E-state index in [2.05, 4.69) is 0 Å². The van der Waals surface area contributed by atoms with Gasteiger partial charge in [0.15, 0.2) is 0 Å². The Morgan fingerprint density at radius 1 is 0.812 bits per heavy atom. The highest BCUT2D eigenvalue weighted by atomic mass is 16.5. The SMILES string of the molecule is COc1ccc(-c2cc3c(O)cc4c(c3cc2CO)-c2ccccc2C4(C)O)c(OC)c1. The minimum Gasteiger partial charge on any atom is -0.507 e. The summed E-state index contributed by atoms with van der Waals surface area (Å²) in [6, 6.07) is 18.6. The molecule has 0 amide bonds. The molecule has 3 N–H and O–H groups in total. The number of hydrogen-bond donors (Lipinski definition) is 3. The summed E-state index contributed by atoms with van der Waals surface area (Å²) < 4.78 is 10.9. The van der Waals surface area contributed by atoms with Gasteiger partial charge in [0.05, 0.1) is 20.8 Å². The van der Waals surface area contributed by atoms with Crippen molar-refractivity contribution in [1.82, 2.24) is 0 Å². The number of fused-ring (bicyclic) bond motifs is 5. The van der Waals surface area contributed by atoms with E-state index in [4.69, 9.17) is 9.47 Å². The molecule has 1 unspecified atom stereocenters. The zero-order valence-corrected chi connectivity index (χ0v) is 18.1. The second-order valence-electron chi connectivity index (χ2n) is 8.22. The monoisotopic (exact) mass is 428 g/mol. The number of benzene rings is 4. The lowest BCUT2D eigenvalue weighted by molar-refractivity contribution is 0.107. The molecule has 4 aromatic rings. The number of aromatic hydroxyl groups is 1. The van der Waals surface area contributed by atoms with E-state index in [9.17, 15) is 15.3 Å². The van der Waals surface area contributed by atoms with E-state index in [1.54, 1.807) is 33.3 Å². The Morgan fingerprint density at radius 2 is 1.59 bits per heavy atom. The van der Waals surface area contributed by atoms with Crippen molar-refractivity contribution in [3.8, 4) is 39.5 Å². The summed E-state index contributed by atoms with van der Waals surface area (Å²) in [6.45, 7) is 1.55. The lowest BCUT2D eigenvalue weighted by Crippen LogP contribution is -2.19. The molecule has 0 saturated heterocycles. The first kappa shape index (κ1) is 20.4. The van der Waals surface area contributed by atoms with Gasteiger partial charge in [0.25, 0.3) is 0 Å². The van der Waals surface area contributed by atoms with Gasteiger partial charge in [-0.05, 0) is 76.0 Å². The summed E-state index contributed by atoms with van der Waals surface area (Å²) in [4.78, 5) is 0. The van der Waals surface area contributed by atoms with Crippen LogP contribution in [0.5, 0.6) is 17.2 Å². The summed E-state index contributed by atoms with van der Waals surface area (Å²) in [5, 5.41) is 33.9. The average molecular weight is 428 g/mol. The Kier molecular flexibility index (Phi) is 4.62. The number of aliphatic hydroxyl groups is 2. The maximum atomic E-state index is 11.3. The lowest BCUT2D eigenvalue weighted by Gasteiger charge is -2.21. The maximum absolute atomic E-state index is 11.3. The quantitative estimate of drug-likeness (QED) is 0.428. The number of hydrogen-bond acceptors (Lipinski definition) is 5. The molecular formula is C27H24O5. The molecule has 0 spiro atoms. The fourth-order valence-electron chi connectivity index (χ4n) is 4.84. The number of aliphatic hydroxyl groups excluding tert-OH is 1. The number of rotatable bonds is 4. The second-order valence-corrected chi connectivity index (χ2v) is 8.22. The molecule has 1 aliphatic carbocycles. The highest BCUT2D eigenvalue weighted by molar-refractivity contribution is 6.07. The van der Waals surface area contributed by atoms with Gasteiger partial charge in [-0.15, -0.1) is 0 Å². The van der Waals surface area contributed by atoms with Gasteiger partial charge in [0, 0.05) is 17.0 Å². The Hall–Kier alpha value is -3.54. The molecule has 0 aromatic heterocycles. The molecule has 0 aliphatic heterocycles. The third-order valence-electron chi connectivity index (χ3n) is 6.45. The van der Waals surface area contributed by atoms with Gasteiger partial charge in [-0.25, -0.2) is 0 Å². The van der Waals surface area contributed by atoms with Crippen LogP contribution in [0.2, 0.25) is 0 Å². The fraction of sp³-hybridized carbons (Fsp3) is 0.185.